The topological polar surface area (TPSA) is 80.2 Å². The highest BCUT2D eigenvalue weighted by Gasteiger charge is 2.06. The summed E-state index contributed by atoms with van der Waals surface area (Å²) in [5.74, 6) is 0.978. The van der Waals surface area contributed by atoms with Crippen LogP contribution in [0.15, 0.2) is 47.6 Å². The fourth-order valence-corrected chi connectivity index (χ4v) is 2.13. The first-order valence-corrected chi connectivity index (χ1v) is 8.55. The summed E-state index contributed by atoms with van der Waals surface area (Å²) in [6, 6.07) is 11.7. The van der Waals surface area contributed by atoms with Gasteiger partial charge < -0.3 is 14.6 Å². The molecule has 0 aliphatic heterocycles. The maximum absolute atomic E-state index is 12.1. The molecule has 0 saturated carbocycles. The Bertz CT molecular complexity index is 755. The summed E-state index contributed by atoms with van der Waals surface area (Å²) in [5.41, 5.74) is 3.38. The number of hydrogen-bond acceptors (Lipinski definition) is 5. The molecule has 26 heavy (non-hydrogen) atoms. The molecule has 0 atom stereocenters. The Morgan fingerprint density at radius 2 is 1.88 bits per heavy atom. The van der Waals surface area contributed by atoms with Crippen LogP contribution >= 0.6 is 0 Å². The maximum Gasteiger partial charge on any atom is 0.271 e. The van der Waals surface area contributed by atoms with E-state index in [9.17, 15) is 9.90 Å². The molecular weight excluding hydrogens is 332 g/mol. The number of ether oxygens (including phenoxy) is 2. The number of phenolic OH excluding ortho intramolecular Hbond substituents is 1. The van der Waals surface area contributed by atoms with Crippen molar-refractivity contribution in [2.75, 3.05) is 6.61 Å². The van der Waals surface area contributed by atoms with Crippen molar-refractivity contribution >= 4 is 12.1 Å². The predicted molar refractivity (Wildman–Crippen MR) is 101 cm³/mol. The van der Waals surface area contributed by atoms with Gasteiger partial charge >= 0.3 is 0 Å². The number of amides is 1. The highest BCUT2D eigenvalue weighted by Crippen LogP contribution is 2.23. The van der Waals surface area contributed by atoms with E-state index in [1.807, 2.05) is 20.8 Å². The largest absolute Gasteiger partial charge is 0.507 e. The first-order valence-electron chi connectivity index (χ1n) is 8.55. The molecule has 0 bridgehead atoms. The van der Waals surface area contributed by atoms with Crippen LogP contribution in [0.1, 0.15) is 43.1 Å². The Kier molecular flexibility index (Phi) is 7.02. The number of carbonyl (C=O) groups is 1. The second-order valence-corrected chi connectivity index (χ2v) is 5.96. The van der Waals surface area contributed by atoms with Crippen LogP contribution in [-0.2, 0) is 0 Å². The number of nitrogens with one attached hydrogen (secondary N) is 1. The zero-order valence-corrected chi connectivity index (χ0v) is 15.2. The number of rotatable bonds is 8. The van der Waals surface area contributed by atoms with Gasteiger partial charge in [0.2, 0.25) is 0 Å². The standard InChI is InChI=1S/C20H24N2O4/c1-4-11-25-17-8-5-15(6-9-17)20(24)22-21-13-16-7-10-18(12-19(16)23)26-14(2)3/h5-10,12-14,23H,4,11H2,1-3H3,(H,22,24)/b21-13-. The Balaban J connectivity index is 1.94. The molecule has 0 heterocycles. The quantitative estimate of drug-likeness (QED) is 0.558. The average molecular weight is 356 g/mol. The number of nitrogens with zero attached hydrogens (tertiary/aromatic N) is 1. The molecule has 0 fully saturated rings. The van der Waals surface area contributed by atoms with Gasteiger partial charge in [-0.05, 0) is 56.7 Å². The molecule has 1 amide bonds. The third kappa shape index (κ3) is 5.81. The monoisotopic (exact) mass is 356 g/mol. The molecule has 0 radical (unpaired) electrons. The number of carbonyl (C=O) groups excluding carboxylic acids is 1. The summed E-state index contributed by atoms with van der Waals surface area (Å²) in [6.07, 6.45) is 2.33. The van der Waals surface area contributed by atoms with Crippen LogP contribution in [0.5, 0.6) is 17.2 Å². The molecule has 0 aromatic heterocycles. The van der Waals surface area contributed by atoms with Gasteiger partial charge in [0.25, 0.3) is 5.91 Å². The zero-order chi connectivity index (χ0) is 18.9. The van der Waals surface area contributed by atoms with E-state index >= 15 is 0 Å². The Hall–Kier alpha value is -3.02. The molecule has 0 saturated heterocycles. The fraction of sp³-hybridized carbons (Fsp3) is 0.300. The summed E-state index contributed by atoms with van der Waals surface area (Å²) in [5, 5.41) is 13.9. The lowest BCUT2D eigenvalue weighted by molar-refractivity contribution is 0.0955. The zero-order valence-electron chi connectivity index (χ0n) is 15.2. The Labute approximate surface area is 153 Å². The molecule has 0 spiro atoms. The van der Waals surface area contributed by atoms with Crippen molar-refractivity contribution in [1.82, 2.24) is 5.43 Å². The van der Waals surface area contributed by atoms with E-state index in [4.69, 9.17) is 9.47 Å². The Morgan fingerprint density at radius 1 is 1.19 bits per heavy atom. The minimum Gasteiger partial charge on any atom is -0.507 e. The van der Waals surface area contributed by atoms with E-state index in [0.717, 1.165) is 12.2 Å². The SMILES string of the molecule is CCCOc1ccc(C(=O)N/N=C\c2ccc(OC(C)C)cc2O)cc1. The van der Waals surface area contributed by atoms with Gasteiger partial charge in [0.1, 0.15) is 17.2 Å². The summed E-state index contributed by atoms with van der Waals surface area (Å²) in [6.45, 7) is 6.48. The maximum atomic E-state index is 12.1. The second kappa shape index (κ2) is 9.46. The van der Waals surface area contributed by atoms with E-state index in [-0.39, 0.29) is 17.8 Å². The van der Waals surface area contributed by atoms with Gasteiger partial charge in [0.05, 0.1) is 18.9 Å². The minimum atomic E-state index is -0.345. The third-order valence-electron chi connectivity index (χ3n) is 3.33. The molecule has 138 valence electrons. The van der Waals surface area contributed by atoms with Crippen LogP contribution in [0.4, 0.5) is 0 Å². The van der Waals surface area contributed by atoms with Gasteiger partial charge in [0.15, 0.2) is 0 Å². The van der Waals surface area contributed by atoms with Crippen LogP contribution < -0.4 is 14.9 Å². The van der Waals surface area contributed by atoms with Crippen LogP contribution in [-0.4, -0.2) is 29.9 Å². The van der Waals surface area contributed by atoms with Gasteiger partial charge in [-0.3, -0.25) is 4.79 Å². The molecular formula is C20H24N2O4. The van der Waals surface area contributed by atoms with Gasteiger partial charge in [-0.1, -0.05) is 6.92 Å². The van der Waals surface area contributed by atoms with Gasteiger partial charge in [-0.2, -0.15) is 5.10 Å². The van der Waals surface area contributed by atoms with Crippen molar-refractivity contribution in [2.45, 2.75) is 33.3 Å². The van der Waals surface area contributed by atoms with E-state index in [1.165, 1.54) is 12.3 Å². The summed E-state index contributed by atoms with van der Waals surface area (Å²) < 4.78 is 11.0. The van der Waals surface area contributed by atoms with Gasteiger partial charge in [-0.25, -0.2) is 5.43 Å². The van der Waals surface area contributed by atoms with Crippen LogP contribution in [0.3, 0.4) is 0 Å². The average Bonchev–Trinajstić information content (AvgIpc) is 2.61. The van der Waals surface area contributed by atoms with E-state index in [1.54, 1.807) is 36.4 Å². The van der Waals surface area contributed by atoms with Crippen molar-refractivity contribution < 1.29 is 19.4 Å². The lowest BCUT2D eigenvalue weighted by Gasteiger charge is -2.10. The second-order valence-electron chi connectivity index (χ2n) is 5.96. The Morgan fingerprint density at radius 3 is 2.50 bits per heavy atom. The molecule has 6 nitrogen and oxygen atoms in total. The summed E-state index contributed by atoms with van der Waals surface area (Å²) in [7, 11) is 0. The predicted octanol–water partition coefficient (Wildman–Crippen LogP) is 3.73. The third-order valence-corrected chi connectivity index (χ3v) is 3.33. The van der Waals surface area contributed by atoms with Gasteiger partial charge in [0, 0.05) is 17.2 Å². The van der Waals surface area contributed by atoms with E-state index in [0.29, 0.717) is 23.5 Å². The van der Waals surface area contributed by atoms with E-state index in [2.05, 4.69) is 10.5 Å². The van der Waals surface area contributed by atoms with Gasteiger partial charge in [-0.15, -0.1) is 0 Å². The van der Waals surface area contributed by atoms with E-state index < -0.39 is 0 Å². The molecule has 2 N–H and O–H groups in total. The van der Waals surface area contributed by atoms with Crippen LogP contribution in [0.2, 0.25) is 0 Å². The molecule has 0 unspecified atom stereocenters. The molecule has 2 aromatic rings. The highest BCUT2D eigenvalue weighted by atomic mass is 16.5. The van der Waals surface area contributed by atoms with Crippen molar-refractivity contribution in [1.29, 1.82) is 0 Å². The number of phenols is 1. The molecule has 2 aromatic carbocycles. The normalized spacial score (nSPS) is 10.9. The minimum absolute atomic E-state index is 0.0203. The fourth-order valence-electron chi connectivity index (χ4n) is 2.13. The molecule has 2 rings (SSSR count). The molecule has 6 heteroatoms. The lowest BCUT2D eigenvalue weighted by atomic mass is 10.2. The number of benzene rings is 2. The number of hydrazone groups is 1. The number of aromatic hydroxyl groups is 1. The first kappa shape index (κ1) is 19.3. The van der Waals surface area contributed by atoms with Crippen molar-refractivity contribution in [3.63, 3.8) is 0 Å². The van der Waals surface area contributed by atoms with Crippen molar-refractivity contribution in [2.24, 2.45) is 5.10 Å². The summed E-state index contributed by atoms with van der Waals surface area (Å²) in [4.78, 5) is 12.1. The molecule has 0 aliphatic carbocycles. The lowest BCUT2D eigenvalue weighted by Crippen LogP contribution is -2.17. The van der Waals surface area contributed by atoms with Crippen LogP contribution in [0.25, 0.3) is 0 Å². The highest BCUT2D eigenvalue weighted by molar-refractivity contribution is 5.95. The smallest absolute Gasteiger partial charge is 0.271 e. The molecule has 0 aliphatic rings. The number of hydrogen-bond donors (Lipinski definition) is 2. The van der Waals surface area contributed by atoms with Crippen molar-refractivity contribution in [3.05, 3.63) is 53.6 Å². The van der Waals surface area contributed by atoms with Crippen molar-refractivity contribution in [3.8, 4) is 17.2 Å². The van der Waals surface area contributed by atoms with Crippen LogP contribution in [0, 0.1) is 0 Å². The first-order chi connectivity index (χ1) is 12.5. The summed E-state index contributed by atoms with van der Waals surface area (Å²) >= 11 is 0.